The molecule has 0 aliphatic heterocycles. The van der Waals surface area contributed by atoms with Gasteiger partial charge in [-0.3, -0.25) is 10.1 Å². The molecular formula is C14H14FNO6. The van der Waals surface area contributed by atoms with Crippen molar-refractivity contribution >= 4 is 5.69 Å². The summed E-state index contributed by atoms with van der Waals surface area (Å²) in [5, 5.41) is 20.1. The van der Waals surface area contributed by atoms with Crippen molar-refractivity contribution < 1.29 is 28.3 Å². The van der Waals surface area contributed by atoms with Crippen molar-refractivity contribution in [2.24, 2.45) is 0 Å². The van der Waals surface area contributed by atoms with E-state index in [1.54, 1.807) is 12.1 Å². The van der Waals surface area contributed by atoms with E-state index >= 15 is 0 Å². The first-order valence-corrected chi connectivity index (χ1v) is 6.41. The number of aliphatic hydroxyl groups is 1. The number of nitrogens with zero attached hydrogens (tertiary/aromatic N) is 1. The summed E-state index contributed by atoms with van der Waals surface area (Å²) < 4.78 is 28.9. The Balaban J connectivity index is 1.76. The first kappa shape index (κ1) is 15.9. The maximum atomic E-state index is 13.5. The molecule has 0 amide bonds. The predicted molar refractivity (Wildman–Crippen MR) is 72.9 cm³/mol. The van der Waals surface area contributed by atoms with Crippen molar-refractivity contribution in [1.29, 1.82) is 0 Å². The molecule has 1 N–H and O–H groups in total. The molecule has 2 aromatic rings. The average Bonchev–Trinajstić information content (AvgIpc) is 2.99. The molecule has 1 unspecified atom stereocenters. The lowest BCUT2D eigenvalue weighted by atomic mass is 10.3. The number of aliphatic hydroxyl groups excluding tert-OH is 1. The monoisotopic (exact) mass is 311 g/mol. The van der Waals surface area contributed by atoms with Crippen molar-refractivity contribution in [2.75, 3.05) is 13.2 Å². The molecular weight excluding hydrogens is 297 g/mol. The number of rotatable bonds is 8. The van der Waals surface area contributed by atoms with E-state index in [0.717, 1.165) is 18.2 Å². The third-order valence-electron chi connectivity index (χ3n) is 2.69. The Labute approximate surface area is 125 Å². The molecule has 22 heavy (non-hydrogen) atoms. The molecule has 0 spiro atoms. The summed E-state index contributed by atoms with van der Waals surface area (Å²) in [5.74, 6) is -0.414. The quantitative estimate of drug-likeness (QED) is 0.593. The number of nitro groups is 1. The zero-order valence-corrected chi connectivity index (χ0v) is 11.5. The zero-order valence-electron chi connectivity index (χ0n) is 11.5. The van der Waals surface area contributed by atoms with Crippen LogP contribution in [0.2, 0.25) is 0 Å². The molecule has 2 rings (SSSR count). The lowest BCUT2D eigenvalue weighted by Crippen LogP contribution is -2.23. The third kappa shape index (κ3) is 4.54. The van der Waals surface area contributed by atoms with Gasteiger partial charge >= 0.3 is 0 Å². The van der Waals surface area contributed by atoms with Crippen molar-refractivity contribution in [3.8, 4) is 5.75 Å². The number of hydrogen-bond donors (Lipinski definition) is 1. The molecule has 1 aromatic carbocycles. The van der Waals surface area contributed by atoms with Crippen LogP contribution in [0, 0.1) is 15.9 Å². The van der Waals surface area contributed by atoms with Gasteiger partial charge in [0.25, 0.3) is 5.69 Å². The number of ether oxygens (including phenoxy) is 2. The van der Waals surface area contributed by atoms with Crippen LogP contribution in [0.25, 0.3) is 0 Å². The number of nitro benzene ring substituents is 1. The van der Waals surface area contributed by atoms with Gasteiger partial charge in [0, 0.05) is 6.07 Å². The molecule has 0 aliphatic carbocycles. The normalized spacial score (nSPS) is 12.1. The Morgan fingerprint density at radius 1 is 1.36 bits per heavy atom. The zero-order chi connectivity index (χ0) is 15.9. The first-order chi connectivity index (χ1) is 10.6. The van der Waals surface area contributed by atoms with Crippen molar-refractivity contribution in [3.05, 3.63) is 58.3 Å². The van der Waals surface area contributed by atoms with Gasteiger partial charge in [-0.2, -0.15) is 0 Å². The highest BCUT2D eigenvalue weighted by Crippen LogP contribution is 2.22. The number of non-ortho nitro benzene ring substituents is 1. The van der Waals surface area contributed by atoms with Gasteiger partial charge < -0.3 is 19.0 Å². The van der Waals surface area contributed by atoms with Crippen LogP contribution >= 0.6 is 0 Å². The van der Waals surface area contributed by atoms with Gasteiger partial charge in [-0.1, -0.05) is 0 Å². The molecule has 0 radical (unpaired) electrons. The van der Waals surface area contributed by atoms with Gasteiger partial charge in [0.15, 0.2) is 11.6 Å². The molecule has 1 aromatic heterocycles. The van der Waals surface area contributed by atoms with Crippen molar-refractivity contribution in [3.63, 3.8) is 0 Å². The van der Waals surface area contributed by atoms with Crippen molar-refractivity contribution in [2.45, 2.75) is 12.7 Å². The molecule has 0 bridgehead atoms. The Kier molecular flexibility index (Phi) is 5.45. The second-order valence-corrected chi connectivity index (χ2v) is 4.43. The largest absolute Gasteiger partial charge is 0.488 e. The summed E-state index contributed by atoms with van der Waals surface area (Å²) in [7, 11) is 0. The maximum absolute atomic E-state index is 13.5. The fraction of sp³-hybridized carbons (Fsp3) is 0.286. The molecule has 7 nitrogen and oxygen atoms in total. The van der Waals surface area contributed by atoms with E-state index in [9.17, 15) is 19.6 Å². The van der Waals surface area contributed by atoms with E-state index in [1.165, 1.54) is 6.26 Å². The molecule has 1 atom stereocenters. The number of furan rings is 1. The summed E-state index contributed by atoms with van der Waals surface area (Å²) in [6.07, 6.45) is 0.542. The van der Waals surface area contributed by atoms with Gasteiger partial charge in [0.05, 0.1) is 23.9 Å². The molecule has 1 heterocycles. The predicted octanol–water partition coefficient (Wildman–Crippen LogP) is 2.28. The van der Waals surface area contributed by atoms with Crippen LogP contribution < -0.4 is 4.74 Å². The fourth-order valence-corrected chi connectivity index (χ4v) is 1.64. The smallest absolute Gasteiger partial charge is 0.272 e. The number of hydrogen-bond acceptors (Lipinski definition) is 6. The van der Waals surface area contributed by atoms with Gasteiger partial charge in [-0.25, -0.2) is 4.39 Å². The lowest BCUT2D eigenvalue weighted by molar-refractivity contribution is -0.385. The topological polar surface area (TPSA) is 95.0 Å². The van der Waals surface area contributed by atoms with E-state index in [4.69, 9.17) is 13.9 Å². The number of halogens is 1. The van der Waals surface area contributed by atoms with Gasteiger partial charge in [-0.15, -0.1) is 0 Å². The Morgan fingerprint density at radius 2 is 2.18 bits per heavy atom. The van der Waals surface area contributed by atoms with Gasteiger partial charge in [0.2, 0.25) is 0 Å². The van der Waals surface area contributed by atoms with Crippen LogP contribution in [-0.2, 0) is 11.3 Å². The average molecular weight is 311 g/mol. The van der Waals surface area contributed by atoms with Crippen LogP contribution in [0.15, 0.2) is 41.0 Å². The summed E-state index contributed by atoms with van der Waals surface area (Å²) in [4.78, 5) is 9.78. The molecule has 0 saturated carbocycles. The highest BCUT2D eigenvalue weighted by Gasteiger charge is 2.13. The standard InChI is InChI=1S/C14H14FNO6/c15-13-6-10(16(18)19)3-4-14(13)22-8-11(17)7-20-9-12-2-1-5-21-12/h1-6,11,17H,7-9H2. The van der Waals surface area contributed by atoms with E-state index in [-0.39, 0.29) is 31.3 Å². The van der Waals surface area contributed by atoms with E-state index in [2.05, 4.69) is 0 Å². The second kappa shape index (κ2) is 7.53. The third-order valence-corrected chi connectivity index (χ3v) is 2.69. The summed E-state index contributed by atoms with van der Waals surface area (Å²) in [5.41, 5.74) is -0.368. The highest BCUT2D eigenvalue weighted by atomic mass is 19.1. The Morgan fingerprint density at radius 3 is 2.82 bits per heavy atom. The van der Waals surface area contributed by atoms with Crippen LogP contribution in [0.4, 0.5) is 10.1 Å². The molecule has 8 heteroatoms. The summed E-state index contributed by atoms with van der Waals surface area (Å²) in [6.45, 7) is -0.0157. The SMILES string of the molecule is O=[N+]([O-])c1ccc(OCC(O)COCc2ccco2)c(F)c1. The minimum absolute atomic E-state index is 0.0186. The van der Waals surface area contributed by atoms with E-state index in [0.29, 0.717) is 5.76 Å². The van der Waals surface area contributed by atoms with Crippen LogP contribution in [0.5, 0.6) is 5.75 Å². The molecule has 0 aliphatic rings. The van der Waals surface area contributed by atoms with Crippen molar-refractivity contribution in [1.82, 2.24) is 0 Å². The second-order valence-electron chi connectivity index (χ2n) is 4.43. The minimum Gasteiger partial charge on any atom is -0.488 e. The van der Waals surface area contributed by atoms with Crippen LogP contribution in [0.3, 0.4) is 0 Å². The maximum Gasteiger partial charge on any atom is 0.272 e. The van der Waals surface area contributed by atoms with Crippen LogP contribution in [0.1, 0.15) is 5.76 Å². The fourth-order valence-electron chi connectivity index (χ4n) is 1.64. The Hall–Kier alpha value is -2.45. The van der Waals surface area contributed by atoms with Crippen LogP contribution in [-0.4, -0.2) is 29.3 Å². The first-order valence-electron chi connectivity index (χ1n) is 6.41. The summed E-state index contributed by atoms with van der Waals surface area (Å²) >= 11 is 0. The van der Waals surface area contributed by atoms with E-state index < -0.39 is 16.8 Å². The van der Waals surface area contributed by atoms with Gasteiger partial charge in [0.1, 0.15) is 25.1 Å². The lowest BCUT2D eigenvalue weighted by Gasteiger charge is -2.12. The molecule has 0 fully saturated rings. The Bertz CT molecular complexity index is 616. The molecule has 118 valence electrons. The van der Waals surface area contributed by atoms with E-state index in [1.807, 2.05) is 0 Å². The molecule has 0 saturated heterocycles. The highest BCUT2D eigenvalue weighted by molar-refractivity contribution is 5.37. The summed E-state index contributed by atoms with van der Waals surface area (Å²) in [6, 6.07) is 6.47. The number of benzene rings is 1. The minimum atomic E-state index is -0.968. The van der Waals surface area contributed by atoms with Gasteiger partial charge in [-0.05, 0) is 18.2 Å².